The first-order valence-corrected chi connectivity index (χ1v) is 12.2. The first-order chi connectivity index (χ1) is 17.2. The predicted molar refractivity (Wildman–Crippen MR) is 141 cm³/mol. The maximum atomic E-state index is 6.77. The van der Waals surface area contributed by atoms with Crippen molar-refractivity contribution < 1.29 is 9.15 Å². The van der Waals surface area contributed by atoms with E-state index < -0.39 is 5.41 Å². The zero-order valence-corrected chi connectivity index (χ0v) is 19.7. The van der Waals surface area contributed by atoms with Gasteiger partial charge in [0.2, 0.25) is 0 Å². The van der Waals surface area contributed by atoms with Gasteiger partial charge in [0.1, 0.15) is 22.7 Å². The fourth-order valence-electron chi connectivity index (χ4n) is 6.33. The molecule has 0 saturated carbocycles. The van der Waals surface area contributed by atoms with Gasteiger partial charge in [-0.1, -0.05) is 83.9 Å². The van der Waals surface area contributed by atoms with Crippen LogP contribution in [0.3, 0.4) is 0 Å². The molecule has 6 aromatic rings. The van der Waals surface area contributed by atoms with E-state index in [9.17, 15) is 0 Å². The number of aryl methyl sites for hydroxylation is 1. The molecule has 1 aromatic heterocycles. The monoisotopic (exact) mass is 470 g/mol. The predicted octanol–water partition coefficient (Wildman–Crippen LogP) is 9.02. The molecular weight excluding hydrogens is 452 g/mol. The lowest BCUT2D eigenvalue weighted by Crippen LogP contribution is -2.32. The summed E-state index contributed by atoms with van der Waals surface area (Å²) in [7, 11) is 0. The number of benzene rings is 5. The Morgan fingerprint density at radius 1 is 0.629 bits per heavy atom. The highest BCUT2D eigenvalue weighted by molar-refractivity contribution is 6.38. The molecule has 1 aliphatic heterocycles. The summed E-state index contributed by atoms with van der Waals surface area (Å²) in [6.07, 6.45) is 0. The van der Waals surface area contributed by atoms with E-state index in [0.29, 0.717) is 5.02 Å². The van der Waals surface area contributed by atoms with Crippen molar-refractivity contribution in [1.82, 2.24) is 0 Å². The van der Waals surface area contributed by atoms with Gasteiger partial charge in [-0.25, -0.2) is 0 Å². The van der Waals surface area contributed by atoms with Gasteiger partial charge in [0.15, 0.2) is 0 Å². The van der Waals surface area contributed by atoms with Crippen molar-refractivity contribution in [2.24, 2.45) is 0 Å². The minimum Gasteiger partial charge on any atom is -0.456 e. The van der Waals surface area contributed by atoms with E-state index in [-0.39, 0.29) is 0 Å². The lowest BCUT2D eigenvalue weighted by molar-refractivity contribution is 0.441. The third kappa shape index (κ3) is 2.26. The van der Waals surface area contributed by atoms with Crippen molar-refractivity contribution >= 4 is 33.5 Å². The second-order valence-corrected chi connectivity index (χ2v) is 9.88. The van der Waals surface area contributed by atoms with Crippen molar-refractivity contribution in [1.29, 1.82) is 0 Å². The molecule has 2 nitrogen and oxygen atoms in total. The molecule has 0 N–H and O–H groups in total. The molecule has 2 heterocycles. The molecule has 1 aliphatic carbocycles. The van der Waals surface area contributed by atoms with Crippen molar-refractivity contribution in [3.63, 3.8) is 0 Å². The van der Waals surface area contributed by atoms with Crippen molar-refractivity contribution in [2.75, 3.05) is 0 Å². The van der Waals surface area contributed by atoms with Crippen LogP contribution < -0.4 is 4.74 Å². The van der Waals surface area contributed by atoms with Crippen LogP contribution in [0.5, 0.6) is 11.5 Å². The van der Waals surface area contributed by atoms with E-state index >= 15 is 0 Å². The fraction of sp³-hybridized carbons (Fsp3) is 0.0625. The summed E-state index contributed by atoms with van der Waals surface area (Å²) in [5.74, 6) is 1.68. The molecule has 0 unspecified atom stereocenters. The fourth-order valence-corrected chi connectivity index (χ4v) is 6.59. The number of hydrogen-bond acceptors (Lipinski definition) is 2. The molecule has 0 amide bonds. The Labute approximate surface area is 207 Å². The van der Waals surface area contributed by atoms with Gasteiger partial charge in [0, 0.05) is 11.1 Å². The molecule has 2 aliphatic rings. The van der Waals surface area contributed by atoms with Gasteiger partial charge >= 0.3 is 0 Å². The minimum absolute atomic E-state index is 0.499. The van der Waals surface area contributed by atoms with Crippen molar-refractivity contribution in [3.8, 4) is 22.6 Å². The summed E-state index contributed by atoms with van der Waals surface area (Å²) in [5.41, 5.74) is 9.60. The number of halogens is 1. The molecule has 0 atom stereocenters. The zero-order valence-electron chi connectivity index (χ0n) is 18.9. The topological polar surface area (TPSA) is 22.4 Å². The normalized spacial score (nSPS) is 14.5. The minimum atomic E-state index is -0.499. The Hall–Kier alpha value is -4.01. The van der Waals surface area contributed by atoms with Gasteiger partial charge in [-0.3, -0.25) is 0 Å². The van der Waals surface area contributed by atoms with Gasteiger partial charge in [0.25, 0.3) is 0 Å². The molecule has 0 bridgehead atoms. The average molecular weight is 471 g/mol. The van der Waals surface area contributed by atoms with Gasteiger partial charge in [-0.15, -0.1) is 0 Å². The summed E-state index contributed by atoms with van der Waals surface area (Å²) < 4.78 is 13.0. The highest BCUT2D eigenvalue weighted by Gasteiger charge is 2.51. The average Bonchev–Trinajstić information content (AvgIpc) is 3.41. The van der Waals surface area contributed by atoms with Crippen LogP contribution in [0.2, 0.25) is 5.02 Å². The van der Waals surface area contributed by atoms with E-state index in [1.165, 1.54) is 33.4 Å². The van der Waals surface area contributed by atoms with E-state index in [1.807, 2.05) is 18.2 Å². The molecule has 1 spiro atoms. The van der Waals surface area contributed by atoms with Crippen LogP contribution in [0, 0.1) is 6.92 Å². The highest BCUT2D eigenvalue weighted by Crippen LogP contribution is 2.63. The largest absolute Gasteiger partial charge is 0.456 e. The maximum Gasteiger partial charge on any atom is 0.144 e. The molecular formula is C32H19ClO2. The summed E-state index contributed by atoms with van der Waals surface area (Å²) in [6, 6.07) is 34.1. The summed E-state index contributed by atoms with van der Waals surface area (Å²) >= 11 is 6.74. The van der Waals surface area contributed by atoms with Crippen LogP contribution in [0.25, 0.3) is 33.1 Å². The first-order valence-electron chi connectivity index (χ1n) is 11.8. The van der Waals surface area contributed by atoms with E-state index in [4.69, 9.17) is 20.8 Å². The Morgan fingerprint density at radius 3 is 2.11 bits per heavy atom. The van der Waals surface area contributed by atoms with Crippen molar-refractivity contribution in [3.05, 3.63) is 130 Å². The lowest BCUT2D eigenvalue weighted by atomic mass is 9.65. The molecule has 5 aromatic carbocycles. The standard InChI is InChI=1S/C32H19ClO2/c1-18-13-15-26-24(17-18)32(21-9-4-2-7-19(21)20-8-3-5-10-22(20)32)23-14-16-28-30(31(23)35-26)29-25(33)11-6-12-27(29)34-28/h2-17H,1H3. The van der Waals surface area contributed by atoms with E-state index in [2.05, 4.69) is 85.8 Å². The molecule has 8 rings (SSSR count). The van der Waals surface area contributed by atoms with Gasteiger partial charge < -0.3 is 9.15 Å². The number of ether oxygens (including phenoxy) is 1. The Bertz CT molecular complexity index is 1810. The van der Waals surface area contributed by atoms with Crippen LogP contribution in [-0.2, 0) is 5.41 Å². The quantitative estimate of drug-likeness (QED) is 0.220. The number of fused-ring (bicyclic) bond motifs is 13. The molecule has 166 valence electrons. The third-order valence-corrected chi connectivity index (χ3v) is 7.99. The van der Waals surface area contributed by atoms with Crippen LogP contribution >= 0.6 is 11.6 Å². The van der Waals surface area contributed by atoms with Gasteiger partial charge in [-0.2, -0.15) is 0 Å². The summed E-state index contributed by atoms with van der Waals surface area (Å²) in [5, 5.41) is 2.48. The third-order valence-electron chi connectivity index (χ3n) is 7.67. The molecule has 0 saturated heterocycles. The second kappa shape index (κ2) is 6.56. The maximum absolute atomic E-state index is 6.77. The Kier molecular flexibility index (Phi) is 3.62. The highest BCUT2D eigenvalue weighted by atomic mass is 35.5. The summed E-state index contributed by atoms with van der Waals surface area (Å²) in [4.78, 5) is 0. The zero-order chi connectivity index (χ0) is 23.3. The smallest absolute Gasteiger partial charge is 0.144 e. The van der Waals surface area contributed by atoms with E-state index in [0.717, 1.165) is 39.0 Å². The molecule has 0 radical (unpaired) electrons. The number of furan rings is 1. The van der Waals surface area contributed by atoms with Crippen LogP contribution in [0.15, 0.2) is 101 Å². The molecule has 3 heteroatoms. The van der Waals surface area contributed by atoms with E-state index in [1.54, 1.807) is 0 Å². The Morgan fingerprint density at radius 2 is 1.34 bits per heavy atom. The lowest BCUT2D eigenvalue weighted by Gasteiger charge is -2.39. The Balaban J connectivity index is 1.62. The van der Waals surface area contributed by atoms with Crippen molar-refractivity contribution in [2.45, 2.75) is 12.3 Å². The number of hydrogen-bond donors (Lipinski definition) is 0. The van der Waals surface area contributed by atoms with Crippen LogP contribution in [0.1, 0.15) is 27.8 Å². The SMILES string of the molecule is Cc1ccc2c(c1)C1(c3ccccc3-c3ccccc31)c1ccc3oc4cccc(Cl)c4c3c1O2. The van der Waals surface area contributed by atoms with Gasteiger partial charge in [0.05, 0.1) is 21.2 Å². The molecule has 35 heavy (non-hydrogen) atoms. The number of rotatable bonds is 0. The van der Waals surface area contributed by atoms with Crippen LogP contribution in [0.4, 0.5) is 0 Å². The van der Waals surface area contributed by atoms with Gasteiger partial charge in [-0.05, 0) is 59.5 Å². The summed E-state index contributed by atoms with van der Waals surface area (Å²) in [6.45, 7) is 2.14. The molecule has 0 fully saturated rings. The van der Waals surface area contributed by atoms with Crippen LogP contribution in [-0.4, -0.2) is 0 Å². The first kappa shape index (κ1) is 19.3. The second-order valence-electron chi connectivity index (χ2n) is 9.47.